The van der Waals surface area contributed by atoms with Crippen LogP contribution in [0.3, 0.4) is 0 Å². The standard InChI is InChI=1S/C30H35N3O5S/c1-38-26-13-12-20(19-39(31,36)37)16-23(26)17-32-28-24-14-15-33(18-25(24)30(34)35)29(28)27(21-8-4-2-5-9-21)22-10-6-3-7-11-22/h2-13,16,24-25,27-29,32H,14-15,17-19H2,1H3,(H,34,35)(H2,31,36,37)/t24-,25-,28-,29-/m0/s1. The molecule has 2 bridgehead atoms. The summed E-state index contributed by atoms with van der Waals surface area (Å²) in [5.74, 6) is -0.869. The molecule has 8 nitrogen and oxygen atoms in total. The lowest BCUT2D eigenvalue weighted by molar-refractivity contribution is -0.152. The number of benzene rings is 3. The molecule has 9 heteroatoms. The zero-order valence-corrected chi connectivity index (χ0v) is 22.8. The van der Waals surface area contributed by atoms with Crippen molar-refractivity contribution < 1.29 is 23.1 Å². The fourth-order valence-corrected chi connectivity index (χ4v) is 7.20. The third-order valence-corrected chi connectivity index (χ3v) is 8.90. The quantitative estimate of drug-likeness (QED) is 0.355. The van der Waals surface area contributed by atoms with Crippen molar-refractivity contribution in [3.8, 4) is 5.75 Å². The Balaban J connectivity index is 1.53. The first-order chi connectivity index (χ1) is 18.7. The highest BCUT2D eigenvalue weighted by molar-refractivity contribution is 7.88. The van der Waals surface area contributed by atoms with Crippen LogP contribution in [0.15, 0.2) is 78.9 Å². The molecule has 5 atom stereocenters. The summed E-state index contributed by atoms with van der Waals surface area (Å²) >= 11 is 0. The molecule has 206 valence electrons. The predicted octanol–water partition coefficient (Wildman–Crippen LogP) is 3.18. The Kier molecular flexibility index (Phi) is 8.04. The van der Waals surface area contributed by atoms with Crippen LogP contribution in [0.2, 0.25) is 0 Å². The molecule has 0 spiro atoms. The van der Waals surface area contributed by atoms with E-state index in [0.717, 1.165) is 18.5 Å². The van der Waals surface area contributed by atoms with E-state index in [-0.39, 0.29) is 29.7 Å². The normalized spacial score (nSPS) is 24.5. The van der Waals surface area contributed by atoms with Gasteiger partial charge in [0.2, 0.25) is 10.0 Å². The molecule has 0 radical (unpaired) electrons. The minimum atomic E-state index is -3.69. The Hall–Kier alpha value is -3.24. The van der Waals surface area contributed by atoms with E-state index in [4.69, 9.17) is 9.88 Å². The fourth-order valence-electron chi connectivity index (χ4n) is 6.56. The summed E-state index contributed by atoms with van der Waals surface area (Å²) in [6, 6.07) is 26.0. The van der Waals surface area contributed by atoms with Gasteiger partial charge >= 0.3 is 5.97 Å². The number of rotatable bonds is 10. The number of nitrogens with one attached hydrogen (secondary N) is 1. The van der Waals surface area contributed by atoms with Crippen LogP contribution in [0.4, 0.5) is 0 Å². The SMILES string of the molecule is COc1ccc(CS(N)(=O)=O)cc1CN[C@H]1[C@H]2CCN(C[C@@H]2C(=O)O)[C@H]1C(c1ccccc1)c1ccccc1. The summed E-state index contributed by atoms with van der Waals surface area (Å²) < 4.78 is 29.0. The Morgan fingerprint density at radius 1 is 1.08 bits per heavy atom. The lowest BCUT2D eigenvalue weighted by atomic mass is 9.66. The summed E-state index contributed by atoms with van der Waals surface area (Å²) in [7, 11) is -2.11. The Labute approximate surface area is 229 Å². The summed E-state index contributed by atoms with van der Waals surface area (Å²) in [6.45, 7) is 1.77. The minimum absolute atomic E-state index is 0.0303. The lowest BCUT2D eigenvalue weighted by Crippen LogP contribution is -2.68. The van der Waals surface area contributed by atoms with E-state index >= 15 is 0 Å². The second-order valence-electron chi connectivity index (χ2n) is 10.5. The highest BCUT2D eigenvalue weighted by Gasteiger charge is 2.52. The van der Waals surface area contributed by atoms with Crippen molar-refractivity contribution in [1.29, 1.82) is 0 Å². The molecule has 3 fully saturated rings. The molecule has 3 heterocycles. The summed E-state index contributed by atoms with van der Waals surface area (Å²) in [5.41, 5.74) is 3.76. The molecule has 4 N–H and O–H groups in total. The zero-order valence-electron chi connectivity index (χ0n) is 21.9. The van der Waals surface area contributed by atoms with Gasteiger partial charge in [0.05, 0.1) is 18.8 Å². The molecule has 0 aromatic heterocycles. The molecule has 0 aliphatic carbocycles. The number of hydrogen-bond donors (Lipinski definition) is 3. The second kappa shape index (κ2) is 11.5. The molecule has 3 aliphatic rings. The van der Waals surface area contributed by atoms with Gasteiger partial charge in [-0.1, -0.05) is 66.7 Å². The highest BCUT2D eigenvalue weighted by atomic mass is 32.2. The molecule has 3 aromatic rings. The molecule has 3 aliphatic heterocycles. The molecule has 0 saturated carbocycles. The van der Waals surface area contributed by atoms with E-state index in [9.17, 15) is 18.3 Å². The van der Waals surface area contributed by atoms with Gasteiger partial charge in [-0.2, -0.15) is 0 Å². The van der Waals surface area contributed by atoms with Crippen LogP contribution in [0, 0.1) is 11.8 Å². The smallest absolute Gasteiger partial charge is 0.308 e. The van der Waals surface area contributed by atoms with Gasteiger partial charge in [0.1, 0.15) is 5.75 Å². The number of piperidine rings is 3. The molecule has 39 heavy (non-hydrogen) atoms. The van der Waals surface area contributed by atoms with Gasteiger partial charge in [-0.3, -0.25) is 9.69 Å². The number of fused-ring (bicyclic) bond motifs is 3. The third kappa shape index (κ3) is 6.01. The van der Waals surface area contributed by atoms with E-state index < -0.39 is 21.9 Å². The first-order valence-corrected chi connectivity index (χ1v) is 14.9. The summed E-state index contributed by atoms with van der Waals surface area (Å²) in [6.07, 6.45) is 0.796. The van der Waals surface area contributed by atoms with Gasteiger partial charge in [-0.25, -0.2) is 13.6 Å². The van der Waals surface area contributed by atoms with Crippen molar-refractivity contribution >= 4 is 16.0 Å². The molecule has 6 rings (SSSR count). The molecule has 1 unspecified atom stereocenters. The number of nitrogens with zero attached hydrogens (tertiary/aromatic N) is 1. The van der Waals surface area contributed by atoms with Crippen LogP contribution < -0.4 is 15.2 Å². The Morgan fingerprint density at radius 2 is 1.72 bits per heavy atom. The number of carboxylic acid groups (broad SMARTS) is 1. The van der Waals surface area contributed by atoms with E-state index in [1.165, 1.54) is 11.1 Å². The maximum atomic E-state index is 12.3. The number of methoxy groups -OCH3 is 1. The number of aliphatic carboxylic acids is 1. The van der Waals surface area contributed by atoms with Crippen molar-refractivity contribution in [2.24, 2.45) is 17.0 Å². The number of hydrogen-bond acceptors (Lipinski definition) is 6. The van der Waals surface area contributed by atoms with E-state index in [1.54, 1.807) is 25.3 Å². The predicted molar refractivity (Wildman–Crippen MR) is 150 cm³/mol. The van der Waals surface area contributed by atoms with E-state index in [2.05, 4.69) is 34.5 Å². The topological polar surface area (TPSA) is 122 Å². The summed E-state index contributed by atoms with van der Waals surface area (Å²) in [5, 5.41) is 19.1. The molecule has 3 aromatic carbocycles. The van der Waals surface area contributed by atoms with Crippen LogP contribution in [0.25, 0.3) is 0 Å². The largest absolute Gasteiger partial charge is 0.496 e. The molecule has 0 amide bonds. The monoisotopic (exact) mass is 549 g/mol. The van der Waals surface area contributed by atoms with Crippen LogP contribution in [-0.2, 0) is 27.1 Å². The third-order valence-electron chi connectivity index (χ3n) is 8.17. The lowest BCUT2D eigenvalue weighted by Gasteiger charge is -2.56. The van der Waals surface area contributed by atoms with Gasteiger partial charge < -0.3 is 15.2 Å². The van der Waals surface area contributed by atoms with Crippen molar-refractivity contribution in [3.63, 3.8) is 0 Å². The number of carbonyl (C=O) groups is 1. The average molecular weight is 550 g/mol. The van der Waals surface area contributed by atoms with Gasteiger partial charge in [-0.15, -0.1) is 0 Å². The Bertz CT molecular complexity index is 1360. The Morgan fingerprint density at radius 3 is 2.28 bits per heavy atom. The van der Waals surface area contributed by atoms with Crippen molar-refractivity contribution in [1.82, 2.24) is 10.2 Å². The van der Waals surface area contributed by atoms with Gasteiger partial charge in [0.15, 0.2) is 0 Å². The van der Waals surface area contributed by atoms with Gasteiger partial charge in [0.25, 0.3) is 0 Å². The number of sulfonamides is 1. The molecular formula is C30H35N3O5S. The van der Waals surface area contributed by atoms with Crippen LogP contribution >= 0.6 is 0 Å². The van der Waals surface area contributed by atoms with Crippen molar-refractivity contribution in [2.45, 2.75) is 36.7 Å². The van der Waals surface area contributed by atoms with Crippen LogP contribution in [0.5, 0.6) is 5.75 Å². The first-order valence-electron chi connectivity index (χ1n) is 13.2. The highest BCUT2D eigenvalue weighted by Crippen LogP contribution is 2.44. The van der Waals surface area contributed by atoms with E-state index in [0.29, 0.717) is 24.4 Å². The van der Waals surface area contributed by atoms with Crippen molar-refractivity contribution in [3.05, 3.63) is 101 Å². The number of nitrogens with two attached hydrogens (primary N) is 1. The van der Waals surface area contributed by atoms with E-state index in [1.807, 2.05) is 36.4 Å². The second-order valence-corrected chi connectivity index (χ2v) is 12.2. The maximum absolute atomic E-state index is 12.3. The number of primary sulfonamides is 1. The maximum Gasteiger partial charge on any atom is 0.308 e. The molecular weight excluding hydrogens is 514 g/mol. The van der Waals surface area contributed by atoms with Crippen molar-refractivity contribution in [2.75, 3.05) is 20.2 Å². The van der Waals surface area contributed by atoms with Crippen LogP contribution in [0.1, 0.15) is 34.6 Å². The number of ether oxygens (including phenoxy) is 1. The minimum Gasteiger partial charge on any atom is -0.496 e. The first kappa shape index (κ1) is 27.3. The number of carboxylic acids is 1. The average Bonchev–Trinajstić information content (AvgIpc) is 2.93. The van der Waals surface area contributed by atoms with Crippen LogP contribution in [-0.4, -0.2) is 56.7 Å². The zero-order chi connectivity index (χ0) is 27.6. The summed E-state index contributed by atoms with van der Waals surface area (Å²) in [4.78, 5) is 14.7. The molecule has 3 saturated heterocycles. The van der Waals surface area contributed by atoms with Gasteiger partial charge in [-0.05, 0) is 47.7 Å². The fraction of sp³-hybridized carbons (Fsp3) is 0.367. The van der Waals surface area contributed by atoms with Gasteiger partial charge in [0, 0.05) is 36.7 Å².